The third-order valence-corrected chi connectivity index (χ3v) is 11.8. The molecule has 1 aliphatic rings. The van der Waals surface area contributed by atoms with Crippen molar-refractivity contribution in [2.24, 2.45) is 0 Å². The van der Waals surface area contributed by atoms with Crippen LogP contribution in [0.1, 0.15) is 213 Å². The lowest BCUT2D eigenvalue weighted by Crippen LogP contribution is -2.61. The predicted molar refractivity (Wildman–Crippen MR) is 232 cm³/mol. The summed E-state index contributed by atoms with van der Waals surface area (Å²) in [5.74, 6) is -0.260. The van der Waals surface area contributed by atoms with Crippen LogP contribution in [0.4, 0.5) is 0 Å². The Hall–Kier alpha value is -1.16. The summed E-state index contributed by atoms with van der Waals surface area (Å²) in [5, 5.41) is 44.7. The second-order valence-corrected chi connectivity index (χ2v) is 17.8. The summed E-state index contributed by atoms with van der Waals surface area (Å²) in [6.07, 6.45) is 31.1. The van der Waals surface area contributed by atoms with E-state index in [9.17, 15) is 38.2 Å². The Morgan fingerprint density at radius 1 is 0.672 bits per heavy atom. The molecular formula is C45H87NO11S. The van der Waals surface area contributed by atoms with E-state index in [0.29, 0.717) is 6.42 Å². The number of amides is 1. The molecular weight excluding hydrogens is 763 g/mol. The Morgan fingerprint density at radius 3 is 1.50 bits per heavy atom. The van der Waals surface area contributed by atoms with Gasteiger partial charge in [0.05, 0.1) is 25.4 Å². The van der Waals surface area contributed by atoms with E-state index >= 15 is 0 Å². The lowest BCUT2D eigenvalue weighted by Gasteiger charge is -2.41. The third kappa shape index (κ3) is 29.2. The van der Waals surface area contributed by atoms with Crippen molar-refractivity contribution in [1.29, 1.82) is 0 Å². The van der Waals surface area contributed by atoms with E-state index in [0.717, 1.165) is 38.5 Å². The number of carbonyl (C=O) groups is 1. The number of carbonyl (C=O) groups excluding carboxylic acids is 1. The molecule has 1 fully saturated rings. The molecule has 0 aromatic carbocycles. The zero-order chi connectivity index (χ0) is 42.7. The summed E-state index contributed by atoms with van der Waals surface area (Å²) in [6, 6.07) is -0.937. The maximum atomic E-state index is 13.0. The lowest BCUT2D eigenvalue weighted by molar-refractivity contribution is -0.298. The molecule has 0 saturated carbocycles. The van der Waals surface area contributed by atoms with Crippen LogP contribution in [0, 0.1) is 0 Å². The minimum absolute atomic E-state index is 0.260. The molecule has 0 aliphatic carbocycles. The minimum atomic E-state index is -5.08. The van der Waals surface area contributed by atoms with E-state index in [-0.39, 0.29) is 18.9 Å². The first kappa shape index (κ1) is 54.9. The highest BCUT2D eigenvalue weighted by atomic mass is 32.3. The Bertz CT molecular complexity index is 1090. The van der Waals surface area contributed by atoms with Gasteiger partial charge in [-0.15, -0.1) is 0 Å². The number of unbranched alkanes of at least 4 members (excludes halogenated alkanes) is 28. The second-order valence-electron chi connectivity index (χ2n) is 16.7. The zero-order valence-corrected chi connectivity index (χ0v) is 37.4. The van der Waals surface area contributed by atoms with Crippen LogP contribution in [-0.4, -0.2) is 95.4 Å². The van der Waals surface area contributed by atoms with E-state index in [1.165, 1.54) is 148 Å². The lowest BCUT2D eigenvalue weighted by atomic mass is 9.99. The highest BCUT2D eigenvalue weighted by molar-refractivity contribution is 7.80. The summed E-state index contributed by atoms with van der Waals surface area (Å²) >= 11 is 0. The average Bonchev–Trinajstić information content (AvgIpc) is 3.19. The first-order valence-electron chi connectivity index (χ1n) is 23.6. The Morgan fingerprint density at radius 2 is 1.09 bits per heavy atom. The molecule has 0 aromatic rings. The van der Waals surface area contributed by atoms with Gasteiger partial charge in [0, 0.05) is 6.42 Å². The van der Waals surface area contributed by atoms with Crippen molar-refractivity contribution in [2.75, 3.05) is 13.2 Å². The molecule has 1 rings (SSSR count). The first-order chi connectivity index (χ1) is 28.0. The van der Waals surface area contributed by atoms with Crippen molar-refractivity contribution in [1.82, 2.24) is 5.32 Å². The Kier molecular flexibility index (Phi) is 34.5. The van der Waals surface area contributed by atoms with E-state index in [2.05, 4.69) is 23.3 Å². The van der Waals surface area contributed by atoms with Gasteiger partial charge >= 0.3 is 10.4 Å². The quantitative estimate of drug-likeness (QED) is 0.0196. The highest BCUT2D eigenvalue weighted by Crippen LogP contribution is 2.26. The van der Waals surface area contributed by atoms with Gasteiger partial charge in [-0.25, -0.2) is 4.18 Å². The number of allylic oxidation sites excluding steroid dienone is 1. The Labute approximate surface area is 353 Å². The van der Waals surface area contributed by atoms with Crippen LogP contribution >= 0.6 is 0 Å². The van der Waals surface area contributed by atoms with E-state index in [1.54, 1.807) is 6.08 Å². The SMILES string of the molecule is CCCCCCCCCCCCC/C=C/C(O)C(COC1OC(CO)C(O)C(OS(=O)(=O)O)C1O)NC(=O)CCCCCCCCCCCCCCCCCCCC. The molecule has 6 N–H and O–H groups in total. The number of aliphatic hydroxyl groups is 4. The standard InChI is InChI=1S/C45H87NO11S/c1-3-5-7-9-11-13-15-17-18-19-20-21-23-25-27-29-31-33-35-41(49)46-38(39(48)34-32-30-28-26-24-22-16-14-12-10-8-6-4-2)37-55-45-43(51)44(57-58(52,53)54)42(50)40(36-47)56-45/h32,34,38-40,42-45,47-48,50-51H,3-31,33,35-37H2,1-2H3,(H,46,49)(H,52,53,54)/b34-32+. The third-order valence-electron chi connectivity index (χ3n) is 11.3. The summed E-state index contributed by atoms with van der Waals surface area (Å²) in [6.45, 7) is 3.39. The van der Waals surface area contributed by atoms with Gasteiger partial charge in [0.25, 0.3) is 0 Å². The van der Waals surface area contributed by atoms with Crippen LogP contribution < -0.4 is 5.32 Å². The molecule has 12 nitrogen and oxygen atoms in total. The van der Waals surface area contributed by atoms with Gasteiger partial charge in [0.1, 0.15) is 24.4 Å². The maximum absolute atomic E-state index is 13.0. The van der Waals surface area contributed by atoms with E-state index in [1.807, 2.05) is 6.08 Å². The molecule has 13 heteroatoms. The van der Waals surface area contributed by atoms with E-state index in [4.69, 9.17) is 9.47 Å². The largest absolute Gasteiger partial charge is 0.397 e. The average molecular weight is 850 g/mol. The zero-order valence-electron chi connectivity index (χ0n) is 36.6. The normalized spacial score (nSPS) is 21.1. The monoisotopic (exact) mass is 850 g/mol. The van der Waals surface area contributed by atoms with Gasteiger partial charge in [-0.05, 0) is 19.3 Å². The molecule has 0 aromatic heterocycles. The molecule has 1 amide bonds. The van der Waals surface area contributed by atoms with Gasteiger partial charge in [-0.3, -0.25) is 9.35 Å². The molecule has 0 spiro atoms. The summed E-state index contributed by atoms with van der Waals surface area (Å²) < 4.78 is 47.6. The van der Waals surface area contributed by atoms with Crippen LogP contribution in [0.25, 0.3) is 0 Å². The predicted octanol–water partition coefficient (Wildman–Crippen LogP) is 9.16. The summed E-state index contributed by atoms with van der Waals surface area (Å²) in [5.41, 5.74) is 0. The van der Waals surface area contributed by atoms with Crippen LogP contribution in [0.2, 0.25) is 0 Å². The molecule has 7 unspecified atom stereocenters. The maximum Gasteiger partial charge on any atom is 0.397 e. The molecule has 344 valence electrons. The van der Waals surface area contributed by atoms with Gasteiger partial charge < -0.3 is 35.2 Å². The van der Waals surface area contributed by atoms with Crippen molar-refractivity contribution < 1.29 is 51.8 Å². The van der Waals surface area contributed by atoms with Gasteiger partial charge in [-0.1, -0.05) is 199 Å². The number of ether oxygens (including phenoxy) is 2. The second kappa shape index (κ2) is 36.5. The summed E-state index contributed by atoms with van der Waals surface area (Å²) in [4.78, 5) is 13.0. The molecule has 0 radical (unpaired) electrons. The number of hydrogen-bond acceptors (Lipinski definition) is 10. The fraction of sp³-hybridized carbons (Fsp3) is 0.933. The van der Waals surface area contributed by atoms with Gasteiger partial charge in [0.2, 0.25) is 5.91 Å². The number of aliphatic hydroxyl groups excluding tert-OH is 4. The van der Waals surface area contributed by atoms with Crippen molar-refractivity contribution in [3.63, 3.8) is 0 Å². The van der Waals surface area contributed by atoms with Crippen molar-refractivity contribution in [3.8, 4) is 0 Å². The van der Waals surface area contributed by atoms with Crippen LogP contribution in [-0.2, 0) is 28.9 Å². The van der Waals surface area contributed by atoms with Crippen LogP contribution in [0.3, 0.4) is 0 Å². The van der Waals surface area contributed by atoms with Crippen molar-refractivity contribution in [2.45, 2.75) is 256 Å². The molecule has 7 atom stereocenters. The number of nitrogens with one attached hydrogen (secondary N) is 1. The van der Waals surface area contributed by atoms with Gasteiger partial charge in [-0.2, -0.15) is 8.42 Å². The van der Waals surface area contributed by atoms with Crippen LogP contribution in [0.5, 0.6) is 0 Å². The highest BCUT2D eigenvalue weighted by Gasteiger charge is 2.48. The molecule has 58 heavy (non-hydrogen) atoms. The number of rotatable bonds is 40. The van der Waals surface area contributed by atoms with Crippen molar-refractivity contribution in [3.05, 3.63) is 12.2 Å². The molecule has 1 heterocycles. The molecule has 1 aliphatic heterocycles. The van der Waals surface area contributed by atoms with Gasteiger partial charge in [0.15, 0.2) is 6.29 Å². The van der Waals surface area contributed by atoms with Crippen LogP contribution in [0.15, 0.2) is 12.2 Å². The topological polar surface area (TPSA) is 192 Å². The molecule has 1 saturated heterocycles. The number of hydrogen-bond donors (Lipinski definition) is 6. The van der Waals surface area contributed by atoms with E-state index < -0.39 is 59.9 Å². The first-order valence-corrected chi connectivity index (χ1v) is 24.9. The van der Waals surface area contributed by atoms with Crippen molar-refractivity contribution >= 4 is 16.3 Å². The fourth-order valence-corrected chi connectivity index (χ4v) is 8.14. The minimum Gasteiger partial charge on any atom is -0.394 e. The summed E-state index contributed by atoms with van der Waals surface area (Å²) in [7, 11) is -5.08. The Balaban J connectivity index is 2.49. The fourth-order valence-electron chi connectivity index (χ4n) is 7.63. The molecule has 0 bridgehead atoms. The smallest absolute Gasteiger partial charge is 0.394 e.